The molecule has 6 heteroatoms. The average molecular weight is 293 g/mol. The number of carbonyl (C=O) groups is 1. The van der Waals surface area contributed by atoms with E-state index >= 15 is 0 Å². The van der Waals surface area contributed by atoms with Crippen molar-refractivity contribution in [2.75, 3.05) is 19.5 Å². The van der Waals surface area contributed by atoms with Gasteiger partial charge in [0.15, 0.2) is 0 Å². The number of hydrogen-bond acceptors (Lipinski definition) is 4. The first-order valence-electron chi connectivity index (χ1n) is 5.78. The lowest BCUT2D eigenvalue weighted by atomic mass is 10.2. The van der Waals surface area contributed by atoms with E-state index in [4.69, 9.17) is 21.1 Å². The largest absolute Gasteiger partial charge is 0.497 e. The number of hydrogen-bond donors (Lipinski definition) is 1. The number of methoxy groups -OCH3 is 2. The van der Waals surface area contributed by atoms with Crippen LogP contribution in [-0.2, 0) is 0 Å². The highest BCUT2D eigenvalue weighted by atomic mass is 35.5. The van der Waals surface area contributed by atoms with E-state index < -0.39 is 0 Å². The molecule has 0 saturated heterocycles. The van der Waals surface area contributed by atoms with Gasteiger partial charge in [-0.1, -0.05) is 11.6 Å². The summed E-state index contributed by atoms with van der Waals surface area (Å²) in [5.74, 6) is 0.771. The fourth-order valence-electron chi connectivity index (χ4n) is 1.65. The molecule has 0 aliphatic rings. The quantitative estimate of drug-likeness (QED) is 0.941. The number of aromatic nitrogens is 1. The Balaban J connectivity index is 2.29. The molecule has 5 nitrogen and oxygen atoms in total. The number of amides is 1. The van der Waals surface area contributed by atoms with Crippen molar-refractivity contribution in [3.8, 4) is 11.5 Å². The van der Waals surface area contributed by atoms with Crippen LogP contribution < -0.4 is 14.8 Å². The standard InChI is InChI=1S/C14H13ClN2O3/c1-19-9-3-4-13(20-2)12(7-9)17-14(18)10-8-16-6-5-11(10)15/h3-8H,1-2H3,(H,17,18). The average Bonchev–Trinajstić information content (AvgIpc) is 2.47. The molecule has 0 fully saturated rings. The van der Waals surface area contributed by atoms with E-state index in [9.17, 15) is 4.79 Å². The van der Waals surface area contributed by atoms with Crippen molar-refractivity contribution in [1.29, 1.82) is 0 Å². The van der Waals surface area contributed by atoms with Crippen molar-refractivity contribution in [3.05, 3.63) is 47.2 Å². The van der Waals surface area contributed by atoms with E-state index in [1.54, 1.807) is 31.4 Å². The van der Waals surface area contributed by atoms with Crippen molar-refractivity contribution >= 4 is 23.2 Å². The topological polar surface area (TPSA) is 60.5 Å². The van der Waals surface area contributed by atoms with Crippen LogP contribution in [0.3, 0.4) is 0 Å². The molecule has 0 saturated carbocycles. The highest BCUT2D eigenvalue weighted by molar-refractivity contribution is 6.34. The Kier molecular flexibility index (Phi) is 4.42. The van der Waals surface area contributed by atoms with Crippen LogP contribution in [0.2, 0.25) is 5.02 Å². The summed E-state index contributed by atoms with van der Waals surface area (Å²) >= 11 is 5.96. The lowest BCUT2D eigenvalue weighted by Gasteiger charge is -2.12. The summed E-state index contributed by atoms with van der Waals surface area (Å²) in [4.78, 5) is 16.1. The maximum absolute atomic E-state index is 12.2. The van der Waals surface area contributed by atoms with Crippen molar-refractivity contribution in [2.24, 2.45) is 0 Å². The Morgan fingerprint density at radius 1 is 1.25 bits per heavy atom. The van der Waals surface area contributed by atoms with Crippen LogP contribution in [0.15, 0.2) is 36.7 Å². The van der Waals surface area contributed by atoms with Gasteiger partial charge >= 0.3 is 0 Å². The molecule has 1 amide bonds. The van der Waals surface area contributed by atoms with Crippen molar-refractivity contribution in [2.45, 2.75) is 0 Å². The summed E-state index contributed by atoms with van der Waals surface area (Å²) < 4.78 is 10.3. The fraction of sp³-hybridized carbons (Fsp3) is 0.143. The molecule has 0 spiro atoms. The Hall–Kier alpha value is -2.27. The van der Waals surface area contributed by atoms with E-state index in [0.29, 0.717) is 27.8 Å². The molecule has 1 aromatic heterocycles. The van der Waals surface area contributed by atoms with Crippen LogP contribution >= 0.6 is 11.6 Å². The van der Waals surface area contributed by atoms with Gasteiger partial charge in [-0.25, -0.2) is 0 Å². The van der Waals surface area contributed by atoms with Crippen LogP contribution in [0.5, 0.6) is 11.5 Å². The molecule has 2 aromatic rings. The lowest BCUT2D eigenvalue weighted by Crippen LogP contribution is -2.13. The van der Waals surface area contributed by atoms with E-state index in [1.165, 1.54) is 19.5 Å². The van der Waals surface area contributed by atoms with Crippen LogP contribution in [0.4, 0.5) is 5.69 Å². The van der Waals surface area contributed by atoms with Gasteiger partial charge in [0.25, 0.3) is 5.91 Å². The molecule has 2 rings (SSSR count). The van der Waals surface area contributed by atoms with Gasteiger partial charge < -0.3 is 14.8 Å². The van der Waals surface area contributed by atoms with Gasteiger partial charge in [0.05, 0.1) is 30.5 Å². The maximum atomic E-state index is 12.2. The molecular weight excluding hydrogens is 280 g/mol. The summed E-state index contributed by atoms with van der Waals surface area (Å²) in [6.45, 7) is 0. The fourth-order valence-corrected chi connectivity index (χ4v) is 1.84. The number of ether oxygens (including phenoxy) is 2. The van der Waals surface area contributed by atoms with Gasteiger partial charge in [-0.3, -0.25) is 9.78 Å². The summed E-state index contributed by atoms with van der Waals surface area (Å²) in [6.07, 6.45) is 2.93. The molecule has 0 unspecified atom stereocenters. The highest BCUT2D eigenvalue weighted by Crippen LogP contribution is 2.29. The predicted octanol–water partition coefficient (Wildman–Crippen LogP) is 3.00. The molecule has 0 atom stereocenters. The molecule has 0 aliphatic carbocycles. The van der Waals surface area contributed by atoms with Crippen molar-refractivity contribution < 1.29 is 14.3 Å². The van der Waals surface area contributed by atoms with E-state index in [2.05, 4.69) is 10.3 Å². The zero-order chi connectivity index (χ0) is 14.5. The molecule has 0 radical (unpaired) electrons. The van der Waals surface area contributed by atoms with Crippen LogP contribution in [0.25, 0.3) is 0 Å². The zero-order valence-corrected chi connectivity index (χ0v) is 11.8. The third-order valence-electron chi connectivity index (χ3n) is 2.67. The lowest BCUT2D eigenvalue weighted by molar-refractivity contribution is 0.102. The minimum atomic E-state index is -0.366. The van der Waals surface area contributed by atoms with Crippen molar-refractivity contribution in [1.82, 2.24) is 4.98 Å². The molecule has 1 N–H and O–H groups in total. The number of halogens is 1. The highest BCUT2D eigenvalue weighted by Gasteiger charge is 2.13. The summed E-state index contributed by atoms with van der Waals surface area (Å²) in [7, 11) is 3.07. The van der Waals surface area contributed by atoms with Gasteiger partial charge in [0, 0.05) is 18.5 Å². The third kappa shape index (κ3) is 3.00. The Morgan fingerprint density at radius 3 is 2.70 bits per heavy atom. The monoisotopic (exact) mass is 292 g/mol. The maximum Gasteiger partial charge on any atom is 0.258 e. The summed E-state index contributed by atoms with van der Waals surface area (Å²) in [6, 6.07) is 6.67. The second kappa shape index (κ2) is 6.25. The van der Waals surface area contributed by atoms with Gasteiger partial charge in [-0.05, 0) is 18.2 Å². The first kappa shape index (κ1) is 14.1. The number of anilines is 1. The van der Waals surface area contributed by atoms with Gasteiger partial charge in [-0.15, -0.1) is 0 Å². The normalized spacial score (nSPS) is 9.95. The minimum Gasteiger partial charge on any atom is -0.497 e. The zero-order valence-electron chi connectivity index (χ0n) is 11.0. The van der Waals surface area contributed by atoms with Gasteiger partial charge in [0.1, 0.15) is 11.5 Å². The first-order chi connectivity index (χ1) is 9.65. The molecule has 104 valence electrons. The Morgan fingerprint density at radius 2 is 2.05 bits per heavy atom. The molecule has 20 heavy (non-hydrogen) atoms. The predicted molar refractivity (Wildman–Crippen MR) is 76.7 cm³/mol. The molecule has 0 aliphatic heterocycles. The molecule has 1 heterocycles. The Bertz CT molecular complexity index is 632. The number of nitrogens with zero attached hydrogens (tertiary/aromatic N) is 1. The van der Waals surface area contributed by atoms with E-state index in [-0.39, 0.29) is 5.91 Å². The number of nitrogens with one attached hydrogen (secondary N) is 1. The number of carbonyl (C=O) groups excluding carboxylic acids is 1. The molecular formula is C14H13ClN2O3. The first-order valence-corrected chi connectivity index (χ1v) is 6.16. The second-order valence-corrected chi connectivity index (χ2v) is 4.28. The molecule has 0 bridgehead atoms. The Labute approximate surface area is 121 Å². The number of pyridine rings is 1. The van der Waals surface area contributed by atoms with E-state index in [1.807, 2.05) is 0 Å². The van der Waals surface area contributed by atoms with Crippen molar-refractivity contribution in [3.63, 3.8) is 0 Å². The third-order valence-corrected chi connectivity index (χ3v) is 3.00. The summed E-state index contributed by atoms with van der Waals surface area (Å²) in [5, 5.41) is 3.06. The summed E-state index contributed by atoms with van der Waals surface area (Å²) in [5.41, 5.74) is 0.788. The van der Waals surface area contributed by atoms with Gasteiger partial charge in [-0.2, -0.15) is 0 Å². The van der Waals surface area contributed by atoms with Crippen LogP contribution in [0.1, 0.15) is 10.4 Å². The minimum absolute atomic E-state index is 0.291. The molecule has 1 aromatic carbocycles. The number of benzene rings is 1. The van der Waals surface area contributed by atoms with Gasteiger partial charge in [0.2, 0.25) is 0 Å². The smallest absolute Gasteiger partial charge is 0.258 e. The number of rotatable bonds is 4. The SMILES string of the molecule is COc1ccc(OC)c(NC(=O)c2cnccc2Cl)c1. The van der Waals surface area contributed by atoms with E-state index in [0.717, 1.165) is 0 Å². The van der Waals surface area contributed by atoms with Crippen LogP contribution in [0, 0.1) is 0 Å². The van der Waals surface area contributed by atoms with Crippen LogP contribution in [-0.4, -0.2) is 25.1 Å². The second-order valence-electron chi connectivity index (χ2n) is 3.88.